The van der Waals surface area contributed by atoms with E-state index in [-0.39, 0.29) is 6.04 Å². The lowest BCUT2D eigenvalue weighted by Crippen LogP contribution is -2.12. The Bertz CT molecular complexity index is 602. The van der Waals surface area contributed by atoms with Crippen molar-refractivity contribution in [3.8, 4) is 5.69 Å². The summed E-state index contributed by atoms with van der Waals surface area (Å²) < 4.78 is 39.3. The molecule has 0 saturated carbocycles. The van der Waals surface area contributed by atoms with Crippen LogP contribution in [-0.4, -0.2) is 15.0 Å². The normalized spacial score (nSPS) is 13.4. The molecular weight excluding hydrogens is 281 g/mol. The quantitative estimate of drug-likeness (QED) is 0.942. The number of hydrogen-bond acceptors (Lipinski definition) is 3. The molecule has 1 heterocycles. The predicted octanol–water partition coefficient (Wildman–Crippen LogP) is 3.26. The van der Waals surface area contributed by atoms with Gasteiger partial charge in [-0.05, 0) is 37.1 Å². The van der Waals surface area contributed by atoms with Crippen LogP contribution in [0.3, 0.4) is 0 Å². The van der Waals surface area contributed by atoms with Crippen molar-refractivity contribution in [3.63, 3.8) is 0 Å². The zero-order valence-corrected chi connectivity index (χ0v) is 11.9. The van der Waals surface area contributed by atoms with Crippen molar-refractivity contribution in [2.24, 2.45) is 5.73 Å². The second-order valence-electron chi connectivity index (χ2n) is 4.75. The Kier molecular flexibility index (Phi) is 4.32. The maximum atomic E-state index is 12.6. The van der Waals surface area contributed by atoms with Crippen LogP contribution in [0, 0.1) is 0 Å². The number of alkyl halides is 3. The van der Waals surface area contributed by atoms with E-state index in [0.717, 1.165) is 24.2 Å². The highest BCUT2D eigenvalue weighted by molar-refractivity contribution is 5.37. The number of rotatable bonds is 4. The first-order chi connectivity index (χ1) is 9.88. The predicted molar refractivity (Wildman–Crippen MR) is 73.0 cm³/mol. The molecule has 4 nitrogen and oxygen atoms in total. The average Bonchev–Trinajstić information content (AvgIpc) is 2.89. The number of nitrogens with zero attached hydrogens (tertiary/aromatic N) is 3. The molecule has 7 heteroatoms. The highest BCUT2D eigenvalue weighted by Crippen LogP contribution is 2.30. The molecule has 114 valence electrons. The van der Waals surface area contributed by atoms with E-state index < -0.39 is 11.7 Å². The number of aromatic nitrogens is 3. The van der Waals surface area contributed by atoms with E-state index in [0.29, 0.717) is 17.8 Å². The van der Waals surface area contributed by atoms with Crippen LogP contribution in [0.15, 0.2) is 24.3 Å². The summed E-state index contributed by atoms with van der Waals surface area (Å²) in [6.45, 7) is 3.88. The molecule has 0 aliphatic rings. The smallest absolute Gasteiger partial charge is 0.323 e. The van der Waals surface area contributed by atoms with Crippen molar-refractivity contribution in [3.05, 3.63) is 41.2 Å². The standard InChI is InChI=1S/C14H17F3N4/c1-3-11(18)13-12(4-2)21(20-19-13)10-7-5-9(6-8-10)14(15,16)17/h5-8,11H,3-4,18H2,1-2H3. The van der Waals surface area contributed by atoms with Crippen LogP contribution >= 0.6 is 0 Å². The molecule has 2 aromatic rings. The molecule has 0 aliphatic carbocycles. The lowest BCUT2D eigenvalue weighted by molar-refractivity contribution is -0.137. The third kappa shape index (κ3) is 3.07. The number of benzene rings is 1. The Morgan fingerprint density at radius 1 is 1.19 bits per heavy atom. The van der Waals surface area contributed by atoms with Crippen molar-refractivity contribution >= 4 is 0 Å². The molecule has 0 spiro atoms. The molecule has 1 unspecified atom stereocenters. The van der Waals surface area contributed by atoms with Gasteiger partial charge in [0.15, 0.2) is 0 Å². The van der Waals surface area contributed by atoms with Crippen LogP contribution in [-0.2, 0) is 12.6 Å². The molecular formula is C14H17F3N4. The maximum Gasteiger partial charge on any atom is 0.416 e. The molecule has 0 amide bonds. The van der Waals surface area contributed by atoms with Gasteiger partial charge in [-0.1, -0.05) is 19.1 Å². The van der Waals surface area contributed by atoms with E-state index in [1.54, 1.807) is 4.68 Å². The molecule has 2 N–H and O–H groups in total. The largest absolute Gasteiger partial charge is 0.416 e. The molecule has 0 saturated heterocycles. The summed E-state index contributed by atoms with van der Waals surface area (Å²) in [5.74, 6) is 0. The monoisotopic (exact) mass is 298 g/mol. The SMILES string of the molecule is CCc1c(C(N)CC)nnn1-c1ccc(C(F)(F)F)cc1. The van der Waals surface area contributed by atoms with E-state index in [2.05, 4.69) is 10.3 Å². The first kappa shape index (κ1) is 15.5. The van der Waals surface area contributed by atoms with Crippen molar-refractivity contribution in [1.82, 2.24) is 15.0 Å². The summed E-state index contributed by atoms with van der Waals surface area (Å²) >= 11 is 0. The van der Waals surface area contributed by atoms with E-state index in [1.807, 2.05) is 13.8 Å². The van der Waals surface area contributed by atoms with E-state index in [1.165, 1.54) is 12.1 Å². The molecule has 1 atom stereocenters. The van der Waals surface area contributed by atoms with E-state index in [4.69, 9.17) is 5.73 Å². The van der Waals surface area contributed by atoms with Crippen LogP contribution in [0.1, 0.15) is 43.3 Å². The fraction of sp³-hybridized carbons (Fsp3) is 0.429. The third-order valence-corrected chi connectivity index (χ3v) is 3.36. The van der Waals surface area contributed by atoms with Crippen molar-refractivity contribution in [2.45, 2.75) is 38.9 Å². The van der Waals surface area contributed by atoms with Crippen LogP contribution in [0.4, 0.5) is 13.2 Å². The summed E-state index contributed by atoms with van der Waals surface area (Å²) in [4.78, 5) is 0. The van der Waals surface area contributed by atoms with Crippen LogP contribution in [0.2, 0.25) is 0 Å². The topological polar surface area (TPSA) is 56.7 Å². The highest BCUT2D eigenvalue weighted by atomic mass is 19.4. The number of hydrogen-bond donors (Lipinski definition) is 1. The number of nitrogens with two attached hydrogens (primary N) is 1. The first-order valence-electron chi connectivity index (χ1n) is 6.76. The van der Waals surface area contributed by atoms with Crippen molar-refractivity contribution < 1.29 is 13.2 Å². The summed E-state index contributed by atoms with van der Waals surface area (Å²) in [7, 11) is 0. The lowest BCUT2D eigenvalue weighted by atomic mass is 10.1. The van der Waals surface area contributed by atoms with Gasteiger partial charge in [0.25, 0.3) is 0 Å². The van der Waals surface area contributed by atoms with Crippen LogP contribution in [0.5, 0.6) is 0 Å². The van der Waals surface area contributed by atoms with Gasteiger partial charge in [0.05, 0.1) is 23.0 Å². The van der Waals surface area contributed by atoms with Crippen molar-refractivity contribution in [1.29, 1.82) is 0 Å². The third-order valence-electron chi connectivity index (χ3n) is 3.36. The molecule has 0 aliphatic heterocycles. The zero-order valence-electron chi connectivity index (χ0n) is 11.9. The lowest BCUT2D eigenvalue weighted by Gasteiger charge is -2.11. The average molecular weight is 298 g/mol. The first-order valence-corrected chi connectivity index (χ1v) is 6.76. The Labute approximate surface area is 120 Å². The molecule has 0 fully saturated rings. The molecule has 2 rings (SSSR count). The molecule has 0 radical (unpaired) electrons. The van der Waals surface area contributed by atoms with Gasteiger partial charge in [-0.25, -0.2) is 4.68 Å². The van der Waals surface area contributed by atoms with Gasteiger partial charge < -0.3 is 5.73 Å². The minimum Gasteiger partial charge on any atom is -0.323 e. The minimum atomic E-state index is -4.34. The van der Waals surface area contributed by atoms with Gasteiger partial charge in [0, 0.05) is 0 Å². The van der Waals surface area contributed by atoms with Gasteiger partial charge in [-0.15, -0.1) is 5.10 Å². The highest BCUT2D eigenvalue weighted by Gasteiger charge is 2.30. The van der Waals surface area contributed by atoms with Gasteiger partial charge in [-0.2, -0.15) is 13.2 Å². The fourth-order valence-corrected chi connectivity index (χ4v) is 2.12. The second kappa shape index (κ2) is 5.85. The minimum absolute atomic E-state index is 0.219. The van der Waals surface area contributed by atoms with Gasteiger partial charge in [0.1, 0.15) is 5.69 Å². The summed E-state index contributed by atoms with van der Waals surface area (Å²) in [6.07, 6.45) is -2.97. The Morgan fingerprint density at radius 2 is 1.81 bits per heavy atom. The van der Waals surface area contributed by atoms with Gasteiger partial charge in [-0.3, -0.25) is 0 Å². The number of halogens is 3. The Balaban J connectivity index is 2.41. The van der Waals surface area contributed by atoms with Gasteiger partial charge in [0.2, 0.25) is 0 Å². The van der Waals surface area contributed by atoms with E-state index >= 15 is 0 Å². The Morgan fingerprint density at radius 3 is 2.29 bits per heavy atom. The molecule has 21 heavy (non-hydrogen) atoms. The summed E-state index contributed by atoms with van der Waals surface area (Å²) in [5.41, 5.74) is 7.35. The van der Waals surface area contributed by atoms with Gasteiger partial charge >= 0.3 is 6.18 Å². The fourth-order valence-electron chi connectivity index (χ4n) is 2.12. The zero-order chi connectivity index (χ0) is 15.6. The van der Waals surface area contributed by atoms with E-state index in [9.17, 15) is 13.2 Å². The second-order valence-corrected chi connectivity index (χ2v) is 4.75. The van der Waals surface area contributed by atoms with Crippen molar-refractivity contribution in [2.75, 3.05) is 0 Å². The maximum absolute atomic E-state index is 12.6. The van der Waals surface area contributed by atoms with Crippen LogP contribution in [0.25, 0.3) is 5.69 Å². The van der Waals surface area contributed by atoms with Crippen LogP contribution < -0.4 is 5.73 Å². The summed E-state index contributed by atoms with van der Waals surface area (Å²) in [5, 5.41) is 8.09. The summed E-state index contributed by atoms with van der Waals surface area (Å²) in [6, 6.07) is 4.63. The molecule has 1 aromatic heterocycles. The Hall–Kier alpha value is -1.89. The molecule has 0 bridgehead atoms. The molecule has 1 aromatic carbocycles.